The highest BCUT2D eigenvalue weighted by Gasteiger charge is 2.52. The first-order valence-corrected chi connectivity index (χ1v) is 39.3. The van der Waals surface area contributed by atoms with Gasteiger partial charge in [-0.3, -0.25) is 24.0 Å². The summed E-state index contributed by atoms with van der Waals surface area (Å²) in [6, 6.07) is 11.8. The highest BCUT2D eigenvalue weighted by atomic mass is 32.2. The van der Waals surface area contributed by atoms with Crippen LogP contribution in [0.3, 0.4) is 0 Å². The van der Waals surface area contributed by atoms with Crippen molar-refractivity contribution in [3.8, 4) is 0 Å². The van der Waals surface area contributed by atoms with Crippen LogP contribution in [0.25, 0.3) is 0 Å². The van der Waals surface area contributed by atoms with Crippen LogP contribution in [0.2, 0.25) is 0 Å². The average molecular weight is 1340 g/mol. The van der Waals surface area contributed by atoms with E-state index in [4.69, 9.17) is 20.1 Å². The predicted molar refractivity (Wildman–Crippen MR) is 369 cm³/mol. The van der Waals surface area contributed by atoms with E-state index in [1.165, 1.54) is 96.3 Å². The van der Waals surface area contributed by atoms with Crippen molar-refractivity contribution < 1.29 is 44.1 Å². The third-order valence-electron chi connectivity index (χ3n) is 23.9. The summed E-state index contributed by atoms with van der Waals surface area (Å²) in [4.78, 5) is 94.7. The minimum absolute atomic E-state index is 0.00802. The van der Waals surface area contributed by atoms with Gasteiger partial charge in [-0.2, -0.15) is 0 Å². The summed E-state index contributed by atoms with van der Waals surface area (Å²) in [5, 5.41) is 40.5. The number of nitrogens with one attached hydrogen (secondary N) is 3. The van der Waals surface area contributed by atoms with E-state index in [9.17, 15) is 39.0 Å². The number of rotatable bonds is 22. The zero-order valence-electron chi connectivity index (χ0n) is 55.5. The largest absolute Gasteiger partial charge is 0.481 e. The quantitative estimate of drug-likeness (QED) is 0.0512. The standard InChI is InChI=1S/C25H35N3O3S.2C24H33N3O3S/c1-2-7-32-25-20(3-4-21(26-25)28-6-5-15(14-28)13-22(29)30)24(31)27-23-18-9-16-8-17(11-18)12-19(23)10-16;1-2-8-31-23-18(5-6-20(25-23)27-7-3-4-19(27)24(29)30)22(28)26-21-16-10-14-9-15(12-16)13-17(21)11-14;1-2-7-31-23-19(3-4-20(25-23)27-6-5-16(13-27)24(29)30)22(28)26-21-17-9-14-8-15(11-17)12-18(21)10-14/h3-4,15-19,23H,2,5-14H2,1H3,(H,27,31)(H,29,30);5-6,14-17,19,21H,2-4,7-13H2,1H3,(H,26,28)(H,29,30);3-4,14-18,21H,2,5-13H2,1H3,(H,26,28)(H,29,30)/t15-,16?,17?,18?,19?,23?;14?,15?,16?,17?,19-,21?;/m10./s1. The number of hydrogen-bond donors (Lipinski definition) is 6. The van der Waals surface area contributed by atoms with Crippen molar-refractivity contribution in [2.75, 3.05) is 64.7 Å². The van der Waals surface area contributed by atoms with E-state index in [-0.39, 0.29) is 36.0 Å². The Bertz CT molecular complexity index is 3180. The molecule has 6 N–H and O–H groups in total. The average Bonchev–Trinajstić information content (AvgIpc) is 0.990. The van der Waals surface area contributed by atoms with Gasteiger partial charge in [-0.05, 0) is 272 Å². The van der Waals surface area contributed by atoms with Gasteiger partial charge in [0.1, 0.15) is 38.6 Å². The van der Waals surface area contributed by atoms with Crippen LogP contribution in [0, 0.1) is 82.9 Å². The fraction of sp³-hybridized carbons (Fsp3) is 0.712. The van der Waals surface area contributed by atoms with Gasteiger partial charge in [-0.15, -0.1) is 35.3 Å². The van der Waals surface area contributed by atoms with Crippen molar-refractivity contribution in [1.82, 2.24) is 30.9 Å². The van der Waals surface area contributed by atoms with Crippen LogP contribution >= 0.6 is 35.3 Å². The molecule has 12 saturated carbocycles. The summed E-state index contributed by atoms with van der Waals surface area (Å²) < 4.78 is 0. The van der Waals surface area contributed by atoms with Gasteiger partial charge in [-0.25, -0.2) is 19.7 Å². The maximum absolute atomic E-state index is 13.4. The first-order chi connectivity index (χ1) is 45.5. The molecular weight excluding hydrogens is 1240 g/mol. The molecule has 21 heteroatoms. The lowest BCUT2D eigenvalue weighted by Gasteiger charge is -2.54. The molecule has 15 fully saturated rings. The monoisotopic (exact) mass is 1340 g/mol. The first kappa shape index (κ1) is 67.3. The lowest BCUT2D eigenvalue weighted by atomic mass is 9.54. The second-order valence-corrected chi connectivity index (χ2v) is 33.8. The third-order valence-corrected chi connectivity index (χ3v) is 27.5. The van der Waals surface area contributed by atoms with E-state index in [1.807, 2.05) is 46.2 Å². The maximum atomic E-state index is 13.4. The number of pyridine rings is 3. The molecule has 1 unspecified atom stereocenters. The van der Waals surface area contributed by atoms with Crippen molar-refractivity contribution in [2.45, 2.75) is 208 Å². The molecule has 3 atom stereocenters. The second-order valence-electron chi connectivity index (χ2n) is 30.6. The van der Waals surface area contributed by atoms with Gasteiger partial charge in [0.05, 0.1) is 22.6 Å². The summed E-state index contributed by atoms with van der Waals surface area (Å²) in [6.07, 6.45) is 25.9. The zero-order chi connectivity index (χ0) is 65.3. The van der Waals surface area contributed by atoms with Crippen molar-refractivity contribution in [3.05, 3.63) is 53.1 Å². The molecule has 3 aliphatic heterocycles. The molecular formula is C73H101N9O9S3. The van der Waals surface area contributed by atoms with Crippen molar-refractivity contribution in [1.29, 1.82) is 0 Å². The lowest BCUT2D eigenvalue weighted by molar-refractivity contribution is -0.141. The predicted octanol–water partition coefficient (Wildman–Crippen LogP) is 12.7. The number of carbonyl (C=O) groups is 6. The fourth-order valence-electron chi connectivity index (χ4n) is 20.3. The van der Waals surface area contributed by atoms with Gasteiger partial charge in [0, 0.05) is 57.3 Å². The third kappa shape index (κ3) is 15.1. The van der Waals surface area contributed by atoms with Crippen molar-refractivity contribution in [3.63, 3.8) is 0 Å². The number of carboxylic acid groups (broad SMARTS) is 3. The molecule has 3 aromatic rings. The SMILES string of the molecule is CCCSc1nc(N2CCC(C(=O)O)C2)ccc1C(=O)NC1C2CC3CC(C2)CC1C3.CCCSc1nc(N2CCC[C@H]2C(=O)O)ccc1C(=O)NC1C2CC3CC(C2)CC1C3.CCCSc1nc(N2CC[C@H](CC(=O)O)C2)ccc1C(=O)NC1C2CC3CC(C2)CC1C3. The molecule has 6 heterocycles. The number of thioether (sulfide) groups is 3. The van der Waals surface area contributed by atoms with Gasteiger partial charge in [0.15, 0.2) is 0 Å². The van der Waals surface area contributed by atoms with Crippen LogP contribution in [0.4, 0.5) is 17.5 Å². The maximum Gasteiger partial charge on any atom is 0.326 e. The van der Waals surface area contributed by atoms with E-state index in [2.05, 4.69) is 41.6 Å². The summed E-state index contributed by atoms with van der Waals surface area (Å²) in [7, 11) is 0. The fourth-order valence-corrected chi connectivity index (χ4v) is 23.0. The van der Waals surface area contributed by atoms with Crippen LogP contribution < -0.4 is 30.7 Å². The minimum Gasteiger partial charge on any atom is -0.481 e. The Morgan fingerprint density at radius 1 is 0.447 bits per heavy atom. The molecule has 18 rings (SSSR count). The lowest BCUT2D eigenvalue weighted by Crippen LogP contribution is -2.55. The van der Waals surface area contributed by atoms with E-state index in [1.54, 1.807) is 35.3 Å². The Balaban J connectivity index is 0.000000128. The summed E-state index contributed by atoms with van der Waals surface area (Å²) >= 11 is 4.89. The topological polar surface area (TPSA) is 248 Å². The van der Waals surface area contributed by atoms with Gasteiger partial charge >= 0.3 is 17.9 Å². The number of nitrogens with zero attached hydrogens (tertiary/aromatic N) is 6. The molecule has 0 radical (unpaired) electrons. The van der Waals surface area contributed by atoms with Gasteiger partial charge in [-0.1, -0.05) is 20.8 Å². The van der Waals surface area contributed by atoms with Crippen LogP contribution in [0.15, 0.2) is 51.5 Å². The number of carboxylic acids is 3. The first-order valence-electron chi connectivity index (χ1n) is 36.3. The summed E-state index contributed by atoms with van der Waals surface area (Å²) in [5.74, 6) is 11.9. The number of aliphatic carboxylic acids is 3. The van der Waals surface area contributed by atoms with Crippen LogP contribution in [0.1, 0.15) is 200 Å². The van der Waals surface area contributed by atoms with E-state index in [0.717, 1.165) is 125 Å². The number of aromatic nitrogens is 3. The molecule has 0 spiro atoms. The molecule has 12 aliphatic carbocycles. The number of amides is 3. The van der Waals surface area contributed by atoms with Gasteiger partial charge in [0.2, 0.25) is 0 Å². The van der Waals surface area contributed by atoms with Gasteiger partial charge in [0.25, 0.3) is 17.7 Å². The van der Waals surface area contributed by atoms with Crippen LogP contribution in [0.5, 0.6) is 0 Å². The Morgan fingerprint density at radius 2 is 0.809 bits per heavy atom. The molecule has 94 heavy (non-hydrogen) atoms. The smallest absolute Gasteiger partial charge is 0.326 e. The van der Waals surface area contributed by atoms with Crippen molar-refractivity contribution in [2.24, 2.45) is 82.9 Å². The van der Waals surface area contributed by atoms with Crippen molar-refractivity contribution >= 4 is 88.4 Å². The molecule has 0 aromatic carbocycles. The van der Waals surface area contributed by atoms with Crippen LogP contribution in [-0.4, -0.2) is 140 Å². The summed E-state index contributed by atoms with van der Waals surface area (Å²) in [5.41, 5.74) is 2.01. The number of carbonyl (C=O) groups excluding carboxylic acids is 3. The number of anilines is 3. The minimum atomic E-state index is -0.800. The Morgan fingerprint density at radius 3 is 1.16 bits per heavy atom. The number of hydrogen-bond acceptors (Lipinski definition) is 15. The Hall–Kier alpha value is -5.28. The normalized spacial score (nSPS) is 33.4. The molecule has 3 saturated heterocycles. The van der Waals surface area contributed by atoms with E-state index < -0.39 is 23.9 Å². The molecule has 15 aliphatic rings. The second kappa shape index (κ2) is 29.8. The summed E-state index contributed by atoms with van der Waals surface area (Å²) in [6.45, 7) is 9.80. The zero-order valence-corrected chi connectivity index (χ0v) is 57.9. The highest BCUT2D eigenvalue weighted by Crippen LogP contribution is 2.56. The van der Waals surface area contributed by atoms with E-state index >= 15 is 0 Å². The van der Waals surface area contributed by atoms with Crippen LogP contribution in [-0.2, 0) is 14.4 Å². The molecule has 12 bridgehead atoms. The molecule has 3 amide bonds. The Kier molecular flexibility index (Phi) is 21.4. The highest BCUT2D eigenvalue weighted by molar-refractivity contribution is 7.99. The Labute approximate surface area is 568 Å². The van der Waals surface area contributed by atoms with Gasteiger partial charge < -0.3 is 46.0 Å². The van der Waals surface area contributed by atoms with E-state index in [0.29, 0.717) is 109 Å². The molecule has 510 valence electrons. The molecule has 18 nitrogen and oxygen atoms in total. The molecule has 3 aromatic heterocycles.